The summed E-state index contributed by atoms with van der Waals surface area (Å²) in [4.78, 5) is 12.3. The first kappa shape index (κ1) is 21.2. The minimum Gasteiger partial charge on any atom is -0.387 e. The monoisotopic (exact) mass is 459 g/mol. The normalized spacial score (nSPS) is 23.9. The Bertz CT molecular complexity index is 1300. The summed E-state index contributed by atoms with van der Waals surface area (Å²) in [5.41, 5.74) is 11.9. The van der Waals surface area contributed by atoms with E-state index in [0.717, 1.165) is 6.42 Å². The van der Waals surface area contributed by atoms with Crippen LogP contribution in [0.4, 0.5) is 5.82 Å². The van der Waals surface area contributed by atoms with E-state index in [1.165, 1.54) is 34.9 Å². The lowest BCUT2D eigenvalue weighted by Gasteiger charge is -2.17. The molecule has 34 heavy (non-hydrogen) atoms. The zero-order valence-corrected chi connectivity index (χ0v) is 18.4. The first-order valence-electron chi connectivity index (χ1n) is 11.3. The summed E-state index contributed by atoms with van der Waals surface area (Å²) >= 11 is 0. The van der Waals surface area contributed by atoms with E-state index in [0.29, 0.717) is 17.8 Å². The van der Waals surface area contributed by atoms with Crippen molar-refractivity contribution >= 4 is 17.0 Å². The average molecular weight is 460 g/mol. The van der Waals surface area contributed by atoms with Crippen molar-refractivity contribution in [2.45, 2.75) is 36.9 Å². The number of aliphatic hydroxyl groups excluding tert-OH is 2. The highest BCUT2D eigenvalue weighted by Gasteiger charge is 2.44. The highest BCUT2D eigenvalue weighted by atomic mass is 16.6. The van der Waals surface area contributed by atoms with Crippen LogP contribution >= 0.6 is 0 Å². The van der Waals surface area contributed by atoms with Crippen molar-refractivity contribution in [3.8, 4) is 11.1 Å². The molecule has 2 aromatic heterocycles. The second-order valence-corrected chi connectivity index (χ2v) is 8.72. The summed E-state index contributed by atoms with van der Waals surface area (Å²) in [6.07, 6.45) is -0.172. The molecule has 2 aliphatic rings. The van der Waals surface area contributed by atoms with Crippen LogP contribution in [-0.2, 0) is 9.47 Å². The Morgan fingerprint density at radius 3 is 2.38 bits per heavy atom. The number of anilines is 1. The molecule has 0 amide bonds. The van der Waals surface area contributed by atoms with Gasteiger partial charge < -0.3 is 25.4 Å². The van der Waals surface area contributed by atoms with Gasteiger partial charge in [-0.2, -0.15) is 0 Å². The maximum Gasteiger partial charge on any atom is 0.167 e. The summed E-state index contributed by atoms with van der Waals surface area (Å²) in [5, 5.41) is 21.2. The third-order valence-corrected chi connectivity index (χ3v) is 6.79. The molecule has 4 N–H and O–H groups in total. The quantitative estimate of drug-likeness (QED) is 0.375. The molecule has 1 aliphatic heterocycles. The van der Waals surface area contributed by atoms with Crippen LogP contribution in [0.15, 0.2) is 61.2 Å². The molecule has 4 aromatic rings. The SMILES string of the molecule is Nc1ncnc2c1ncn2[C@@H]1O[C@H](COCCC2c3ccccc3-c3ccccc32)[C@@H](O)[C@H]1O. The lowest BCUT2D eigenvalue weighted by molar-refractivity contribution is -0.0657. The van der Waals surface area contributed by atoms with Gasteiger partial charge in [-0.15, -0.1) is 0 Å². The summed E-state index contributed by atoms with van der Waals surface area (Å²) in [7, 11) is 0. The first-order chi connectivity index (χ1) is 16.6. The number of imidazole rings is 1. The van der Waals surface area contributed by atoms with Crippen LogP contribution in [0.2, 0.25) is 0 Å². The number of fused-ring (bicyclic) bond motifs is 4. The Hall–Kier alpha value is -3.37. The summed E-state index contributed by atoms with van der Waals surface area (Å²) < 4.78 is 13.5. The number of hydrogen-bond acceptors (Lipinski definition) is 8. The molecule has 174 valence electrons. The van der Waals surface area contributed by atoms with Crippen molar-refractivity contribution in [2.75, 3.05) is 18.9 Å². The molecular weight excluding hydrogens is 434 g/mol. The fraction of sp³-hybridized carbons (Fsp3) is 0.320. The number of nitrogen functional groups attached to an aromatic ring is 1. The number of rotatable bonds is 6. The molecule has 0 saturated carbocycles. The van der Waals surface area contributed by atoms with Gasteiger partial charge in [-0.3, -0.25) is 4.57 Å². The van der Waals surface area contributed by atoms with Gasteiger partial charge in [0, 0.05) is 12.5 Å². The van der Waals surface area contributed by atoms with E-state index >= 15 is 0 Å². The molecule has 0 bridgehead atoms. The zero-order chi connectivity index (χ0) is 23.2. The maximum absolute atomic E-state index is 10.6. The molecule has 2 aromatic carbocycles. The Balaban J connectivity index is 1.11. The highest BCUT2D eigenvalue weighted by Crippen LogP contribution is 2.46. The molecule has 6 rings (SSSR count). The number of hydrogen-bond donors (Lipinski definition) is 3. The lowest BCUT2D eigenvalue weighted by atomic mass is 9.94. The van der Waals surface area contributed by atoms with E-state index in [1.54, 1.807) is 4.57 Å². The summed E-state index contributed by atoms with van der Waals surface area (Å²) in [6.45, 7) is 0.660. The van der Waals surface area contributed by atoms with Crippen LogP contribution in [0, 0.1) is 0 Å². The molecule has 1 aliphatic carbocycles. The second kappa shape index (κ2) is 8.44. The lowest BCUT2D eigenvalue weighted by Crippen LogP contribution is -2.34. The topological polar surface area (TPSA) is 129 Å². The maximum atomic E-state index is 10.6. The minimum absolute atomic E-state index is 0.161. The predicted molar refractivity (Wildman–Crippen MR) is 125 cm³/mol. The van der Waals surface area contributed by atoms with Crippen molar-refractivity contribution in [1.82, 2.24) is 19.5 Å². The van der Waals surface area contributed by atoms with Gasteiger partial charge in [-0.1, -0.05) is 48.5 Å². The molecule has 3 heterocycles. The molecule has 0 spiro atoms. The van der Waals surface area contributed by atoms with Crippen molar-refractivity contribution in [1.29, 1.82) is 0 Å². The number of aromatic nitrogens is 4. The number of nitrogens with two attached hydrogens (primary N) is 1. The molecule has 0 radical (unpaired) electrons. The van der Waals surface area contributed by atoms with Crippen LogP contribution in [0.25, 0.3) is 22.3 Å². The van der Waals surface area contributed by atoms with E-state index in [1.807, 2.05) is 0 Å². The summed E-state index contributed by atoms with van der Waals surface area (Å²) in [6, 6.07) is 17.0. The van der Waals surface area contributed by atoms with Crippen molar-refractivity contribution < 1.29 is 19.7 Å². The molecular formula is C25H25N5O4. The van der Waals surface area contributed by atoms with Crippen LogP contribution in [0.1, 0.15) is 29.7 Å². The molecule has 1 fully saturated rings. The molecule has 4 atom stereocenters. The van der Waals surface area contributed by atoms with Gasteiger partial charge in [0.1, 0.15) is 30.2 Å². The van der Waals surface area contributed by atoms with Gasteiger partial charge >= 0.3 is 0 Å². The van der Waals surface area contributed by atoms with Crippen molar-refractivity contribution in [3.05, 3.63) is 72.3 Å². The smallest absolute Gasteiger partial charge is 0.167 e. The van der Waals surface area contributed by atoms with E-state index in [9.17, 15) is 10.2 Å². The van der Waals surface area contributed by atoms with Gasteiger partial charge in [0.15, 0.2) is 17.7 Å². The van der Waals surface area contributed by atoms with Gasteiger partial charge in [-0.05, 0) is 28.7 Å². The third kappa shape index (κ3) is 3.36. The zero-order valence-electron chi connectivity index (χ0n) is 18.4. The van der Waals surface area contributed by atoms with Gasteiger partial charge in [0.2, 0.25) is 0 Å². The number of aliphatic hydroxyl groups is 2. The van der Waals surface area contributed by atoms with Crippen LogP contribution in [0.3, 0.4) is 0 Å². The van der Waals surface area contributed by atoms with E-state index in [-0.39, 0.29) is 18.3 Å². The highest BCUT2D eigenvalue weighted by molar-refractivity contribution is 5.81. The molecule has 0 unspecified atom stereocenters. The Labute approximate surface area is 195 Å². The Kier molecular flexibility index (Phi) is 5.26. The van der Waals surface area contributed by atoms with E-state index in [2.05, 4.69) is 63.5 Å². The number of ether oxygens (including phenoxy) is 2. The van der Waals surface area contributed by atoms with Crippen molar-refractivity contribution in [2.24, 2.45) is 0 Å². The molecule has 1 saturated heterocycles. The first-order valence-corrected chi connectivity index (χ1v) is 11.3. The number of nitrogens with zero attached hydrogens (tertiary/aromatic N) is 4. The van der Waals surface area contributed by atoms with Crippen LogP contribution in [-0.4, -0.2) is 61.3 Å². The van der Waals surface area contributed by atoms with Crippen LogP contribution < -0.4 is 5.73 Å². The largest absolute Gasteiger partial charge is 0.387 e. The molecule has 9 heteroatoms. The van der Waals surface area contributed by atoms with Gasteiger partial charge in [0.25, 0.3) is 0 Å². The average Bonchev–Trinajstić information content (AvgIpc) is 3.51. The van der Waals surface area contributed by atoms with Gasteiger partial charge in [-0.25, -0.2) is 15.0 Å². The Morgan fingerprint density at radius 1 is 0.941 bits per heavy atom. The second-order valence-electron chi connectivity index (χ2n) is 8.72. The minimum atomic E-state index is -1.16. The predicted octanol–water partition coefficient (Wildman–Crippen LogP) is 2.25. The fourth-order valence-corrected chi connectivity index (χ4v) is 5.12. The van der Waals surface area contributed by atoms with Crippen molar-refractivity contribution in [3.63, 3.8) is 0 Å². The van der Waals surface area contributed by atoms with E-state index < -0.39 is 24.5 Å². The Morgan fingerprint density at radius 2 is 1.65 bits per heavy atom. The van der Waals surface area contributed by atoms with Gasteiger partial charge in [0.05, 0.1) is 12.9 Å². The fourth-order valence-electron chi connectivity index (χ4n) is 5.12. The standard InChI is InChI=1S/C25H25N5O4/c26-23-20-24(28-12-27-23)30(13-29-20)25-22(32)21(31)19(34-25)11-33-10-9-18-16-7-3-1-5-14(16)15-6-2-4-8-17(15)18/h1-8,12-13,18-19,21-22,25,31-32H,9-11H2,(H2,26,27,28)/t19-,21-,22-,25-/m1/s1. The molecule has 9 nitrogen and oxygen atoms in total. The van der Waals surface area contributed by atoms with Crippen LogP contribution in [0.5, 0.6) is 0 Å². The van der Waals surface area contributed by atoms with E-state index in [4.69, 9.17) is 15.2 Å². The number of benzene rings is 2. The summed E-state index contributed by atoms with van der Waals surface area (Å²) in [5.74, 6) is 0.509. The third-order valence-electron chi connectivity index (χ3n) is 6.79.